The molecule has 1 heterocycles. The van der Waals surface area contributed by atoms with Crippen LogP contribution >= 0.6 is 11.3 Å². The predicted octanol–water partition coefficient (Wildman–Crippen LogP) is 6.86. The zero-order chi connectivity index (χ0) is 25.7. The van der Waals surface area contributed by atoms with E-state index in [0.29, 0.717) is 15.8 Å². The molecule has 9 heteroatoms. The highest BCUT2D eigenvalue weighted by Crippen LogP contribution is 2.42. The Labute approximate surface area is 210 Å². The summed E-state index contributed by atoms with van der Waals surface area (Å²) in [7, 11) is -0.883. The van der Waals surface area contributed by atoms with E-state index in [2.05, 4.69) is 44.2 Å². The van der Waals surface area contributed by atoms with E-state index in [4.69, 9.17) is 13.9 Å². The van der Waals surface area contributed by atoms with Crippen LogP contribution in [0.5, 0.6) is 0 Å². The Balaban J connectivity index is 2.45. The monoisotopic (exact) mass is 512 g/mol. The molecule has 0 aromatic carbocycles. The maximum Gasteiger partial charge on any atom is 0.407 e. The van der Waals surface area contributed by atoms with Crippen LogP contribution in [0.1, 0.15) is 101 Å². The average Bonchev–Trinajstić information content (AvgIpc) is 3.19. The van der Waals surface area contributed by atoms with Gasteiger partial charge in [-0.25, -0.2) is 14.6 Å². The van der Waals surface area contributed by atoms with Crippen molar-refractivity contribution >= 4 is 31.7 Å². The number of methoxy groups -OCH3 is 1. The smallest absolute Gasteiger partial charge is 0.407 e. The minimum atomic E-state index is -2.25. The van der Waals surface area contributed by atoms with E-state index in [-0.39, 0.29) is 11.1 Å². The van der Waals surface area contributed by atoms with Crippen LogP contribution in [0.25, 0.3) is 0 Å². The molecule has 1 aliphatic rings. The van der Waals surface area contributed by atoms with Gasteiger partial charge in [-0.3, -0.25) is 0 Å². The summed E-state index contributed by atoms with van der Waals surface area (Å²) in [5.41, 5.74) is -0.603. The van der Waals surface area contributed by atoms with Crippen molar-refractivity contribution < 1.29 is 23.5 Å². The van der Waals surface area contributed by atoms with E-state index >= 15 is 0 Å². The largest absolute Gasteiger partial charge is 0.465 e. The number of nitrogens with one attached hydrogen (secondary N) is 1. The van der Waals surface area contributed by atoms with Crippen molar-refractivity contribution in [2.45, 2.75) is 116 Å². The molecule has 0 bridgehead atoms. The van der Waals surface area contributed by atoms with Crippen molar-refractivity contribution in [3.8, 4) is 0 Å². The number of rotatable bonds is 8. The molecule has 0 saturated heterocycles. The van der Waals surface area contributed by atoms with Gasteiger partial charge < -0.3 is 19.2 Å². The number of carbonyl (C=O) groups excluding carboxylic acids is 2. The maximum absolute atomic E-state index is 12.9. The van der Waals surface area contributed by atoms with Gasteiger partial charge in [-0.1, -0.05) is 52.9 Å². The lowest BCUT2D eigenvalue weighted by molar-refractivity contribution is 0.0404. The van der Waals surface area contributed by atoms with Crippen LogP contribution in [0, 0.1) is 5.92 Å². The molecule has 1 N–H and O–H groups in total. The SMILES string of the molecule is COC(=O)c1cnc([C@H](O[Si](C)(C)C(C)(C)C)[C@H](CC2CCCCC2)NC(=O)OC(C)(C)C)s1. The van der Waals surface area contributed by atoms with Crippen molar-refractivity contribution in [3.63, 3.8) is 0 Å². The highest BCUT2D eigenvalue weighted by molar-refractivity contribution is 7.13. The number of esters is 1. The summed E-state index contributed by atoms with van der Waals surface area (Å²) in [6.07, 6.45) is 7.36. The van der Waals surface area contributed by atoms with Crippen LogP contribution < -0.4 is 5.32 Å². The molecule has 0 unspecified atom stereocenters. The van der Waals surface area contributed by atoms with E-state index in [1.807, 2.05) is 20.8 Å². The molecule has 1 aliphatic carbocycles. The van der Waals surface area contributed by atoms with Crippen LogP contribution in [-0.2, 0) is 13.9 Å². The molecule has 1 fully saturated rings. The van der Waals surface area contributed by atoms with Crippen LogP contribution in [-0.4, -0.2) is 44.1 Å². The van der Waals surface area contributed by atoms with Crippen LogP contribution in [0.3, 0.4) is 0 Å². The Morgan fingerprint density at radius 1 is 1.15 bits per heavy atom. The highest BCUT2D eigenvalue weighted by atomic mass is 32.1. The summed E-state index contributed by atoms with van der Waals surface area (Å²) in [5.74, 6) is 0.0815. The summed E-state index contributed by atoms with van der Waals surface area (Å²) in [6.45, 7) is 16.5. The Morgan fingerprint density at radius 3 is 2.29 bits per heavy atom. The van der Waals surface area contributed by atoms with E-state index in [9.17, 15) is 9.59 Å². The van der Waals surface area contributed by atoms with Gasteiger partial charge in [-0.05, 0) is 51.2 Å². The highest BCUT2D eigenvalue weighted by Gasteiger charge is 2.43. The summed E-state index contributed by atoms with van der Waals surface area (Å²) in [5, 5.41) is 3.78. The Bertz CT molecular complexity index is 822. The molecule has 1 saturated carbocycles. The Kier molecular flexibility index (Phi) is 9.75. The number of hydrogen-bond acceptors (Lipinski definition) is 7. The number of carbonyl (C=O) groups is 2. The summed E-state index contributed by atoms with van der Waals surface area (Å²) >= 11 is 1.28. The molecule has 1 aromatic heterocycles. The fourth-order valence-corrected chi connectivity index (χ4v) is 6.19. The fourth-order valence-electron chi connectivity index (χ4n) is 3.91. The van der Waals surface area contributed by atoms with Gasteiger partial charge in [0, 0.05) is 0 Å². The lowest BCUT2D eigenvalue weighted by Crippen LogP contribution is -2.49. The summed E-state index contributed by atoms with van der Waals surface area (Å²) in [4.78, 5) is 30.0. The van der Waals surface area contributed by atoms with Gasteiger partial charge in [0.1, 0.15) is 21.6 Å². The first-order valence-corrected chi connectivity index (χ1v) is 16.1. The number of thiazole rings is 1. The van der Waals surface area contributed by atoms with E-state index in [0.717, 1.165) is 19.3 Å². The van der Waals surface area contributed by atoms with Gasteiger partial charge in [0.15, 0.2) is 8.32 Å². The zero-order valence-corrected chi connectivity index (χ0v) is 24.3. The van der Waals surface area contributed by atoms with Gasteiger partial charge in [-0.15, -0.1) is 11.3 Å². The van der Waals surface area contributed by atoms with Crippen molar-refractivity contribution in [2.24, 2.45) is 5.92 Å². The number of hydrogen-bond donors (Lipinski definition) is 1. The van der Waals surface area contributed by atoms with Gasteiger partial charge >= 0.3 is 12.1 Å². The van der Waals surface area contributed by atoms with Gasteiger partial charge in [0.2, 0.25) is 0 Å². The average molecular weight is 513 g/mol. The number of amides is 1. The van der Waals surface area contributed by atoms with Crippen LogP contribution in [0.4, 0.5) is 4.79 Å². The maximum atomic E-state index is 12.9. The molecule has 1 aromatic rings. The van der Waals surface area contributed by atoms with Gasteiger partial charge in [0.25, 0.3) is 0 Å². The molecule has 7 nitrogen and oxygen atoms in total. The summed E-state index contributed by atoms with van der Waals surface area (Å²) in [6, 6.07) is -0.316. The number of ether oxygens (including phenoxy) is 2. The standard InChI is InChI=1S/C25H44N2O5SSi/c1-24(2,3)31-23(29)27-18(15-17-13-11-10-12-14-17)20(32-34(8,9)25(4,5)6)21-26-16-19(33-21)22(28)30-7/h16-18,20H,10-15H2,1-9H3,(H,27,29)/t18-,20+/m0/s1. The van der Waals surface area contributed by atoms with Gasteiger partial charge in [0.05, 0.1) is 19.3 Å². The third kappa shape index (κ3) is 8.34. The molecule has 194 valence electrons. The topological polar surface area (TPSA) is 86.8 Å². The molecule has 34 heavy (non-hydrogen) atoms. The van der Waals surface area contributed by atoms with Crippen LogP contribution in [0.2, 0.25) is 18.1 Å². The van der Waals surface area contributed by atoms with Gasteiger partial charge in [-0.2, -0.15) is 0 Å². The molecule has 2 rings (SSSR count). The van der Waals surface area contributed by atoms with Crippen molar-refractivity contribution in [1.82, 2.24) is 10.3 Å². The third-order valence-corrected chi connectivity index (χ3v) is 12.3. The summed E-state index contributed by atoms with van der Waals surface area (Å²) < 4.78 is 17.4. The number of alkyl carbamates (subject to hydrolysis) is 1. The molecule has 2 atom stereocenters. The predicted molar refractivity (Wildman–Crippen MR) is 139 cm³/mol. The second-order valence-corrected chi connectivity index (χ2v) is 17.7. The second-order valence-electron chi connectivity index (χ2n) is 11.8. The first-order valence-electron chi connectivity index (χ1n) is 12.3. The quantitative estimate of drug-likeness (QED) is 0.302. The lowest BCUT2D eigenvalue weighted by Gasteiger charge is -2.41. The van der Waals surface area contributed by atoms with E-state index in [1.54, 1.807) is 6.20 Å². The minimum Gasteiger partial charge on any atom is -0.465 e. The third-order valence-electron chi connectivity index (χ3n) is 6.76. The Hall–Kier alpha value is -1.45. The molecule has 1 amide bonds. The van der Waals surface area contributed by atoms with Crippen molar-refractivity contribution in [3.05, 3.63) is 16.1 Å². The number of nitrogens with zero attached hydrogens (tertiary/aromatic N) is 1. The molecule has 0 spiro atoms. The second kappa shape index (κ2) is 11.5. The minimum absolute atomic E-state index is 0.0327. The zero-order valence-electron chi connectivity index (χ0n) is 22.4. The van der Waals surface area contributed by atoms with Crippen molar-refractivity contribution in [2.75, 3.05) is 7.11 Å². The fraction of sp³-hybridized carbons (Fsp3) is 0.800. The Morgan fingerprint density at radius 2 is 1.76 bits per heavy atom. The van der Waals surface area contributed by atoms with E-state index < -0.39 is 32.1 Å². The number of aromatic nitrogens is 1. The first-order chi connectivity index (χ1) is 15.6. The normalized spacial score (nSPS) is 17.7. The first kappa shape index (κ1) is 28.8. The molecule has 0 aliphatic heterocycles. The van der Waals surface area contributed by atoms with E-state index in [1.165, 1.54) is 37.7 Å². The van der Waals surface area contributed by atoms with Crippen LogP contribution in [0.15, 0.2) is 6.20 Å². The molecular formula is C25H44N2O5SSi. The molecule has 0 radical (unpaired) electrons. The van der Waals surface area contributed by atoms with Crippen molar-refractivity contribution in [1.29, 1.82) is 0 Å². The lowest BCUT2D eigenvalue weighted by atomic mass is 9.84. The molecular weight excluding hydrogens is 468 g/mol.